The van der Waals surface area contributed by atoms with Gasteiger partial charge in [-0.3, -0.25) is 23.5 Å². The molecule has 1 aliphatic rings. The zero-order valence-electron chi connectivity index (χ0n) is 25.9. The minimum Gasteiger partial charge on any atom is -0.497 e. The average Bonchev–Trinajstić information content (AvgIpc) is 3.47. The number of aromatic nitrogens is 2. The predicted octanol–water partition coefficient (Wildman–Crippen LogP) is 5.29. The van der Waals surface area contributed by atoms with Gasteiger partial charge in [0.2, 0.25) is 0 Å². The molecule has 2 aromatic carbocycles. The van der Waals surface area contributed by atoms with Crippen LogP contribution >= 0.6 is 11.3 Å². The van der Waals surface area contributed by atoms with Crippen molar-refractivity contribution >= 4 is 33.4 Å². The Labute approximate surface area is 260 Å². The second-order valence-electron chi connectivity index (χ2n) is 12.4. The van der Waals surface area contributed by atoms with Crippen LogP contribution in [0.2, 0.25) is 0 Å². The molecule has 4 aromatic rings. The van der Waals surface area contributed by atoms with E-state index < -0.39 is 22.3 Å². The van der Waals surface area contributed by atoms with Gasteiger partial charge >= 0.3 is 11.7 Å². The van der Waals surface area contributed by atoms with Crippen LogP contribution in [0.3, 0.4) is 0 Å². The molecule has 2 aromatic heterocycles. The fourth-order valence-corrected chi connectivity index (χ4v) is 6.86. The first-order valence-corrected chi connectivity index (χ1v) is 15.7. The molecule has 0 unspecified atom stereocenters. The van der Waals surface area contributed by atoms with Crippen LogP contribution < -0.4 is 21.3 Å². The molecule has 5 rings (SSSR count). The Hall–Kier alpha value is -4.18. The van der Waals surface area contributed by atoms with Crippen LogP contribution in [0.25, 0.3) is 10.2 Å². The predicted molar refractivity (Wildman–Crippen MR) is 172 cm³/mol. The van der Waals surface area contributed by atoms with Gasteiger partial charge in [-0.25, -0.2) is 4.79 Å². The van der Waals surface area contributed by atoms with E-state index in [-0.39, 0.29) is 18.4 Å². The number of thiophene rings is 1. The number of nitrogens with one attached hydrogen (secondary N) is 1. The maximum Gasteiger partial charge on any atom is 0.332 e. The number of amides is 1. The number of ether oxygens (including phenoxy) is 2. The SMILES string of the molecule is COc1cccc(CNC(=O)c2cc3c(=O)n(Cc4ccc(C5(C(=O)OC(C)(C)C)CCCCC5)cc4)c(=O)n(C)c3s2)c1. The minimum atomic E-state index is -0.698. The van der Waals surface area contributed by atoms with Crippen molar-refractivity contribution in [2.75, 3.05) is 7.11 Å². The molecule has 1 saturated carbocycles. The molecule has 1 fully saturated rings. The van der Waals surface area contributed by atoms with E-state index >= 15 is 0 Å². The second kappa shape index (κ2) is 12.4. The molecular formula is C34H39N3O6S. The number of aryl methyl sites for hydroxylation is 1. The molecule has 232 valence electrons. The second-order valence-corrected chi connectivity index (χ2v) is 13.5. The van der Waals surface area contributed by atoms with Crippen LogP contribution in [0.5, 0.6) is 5.75 Å². The molecule has 1 aliphatic carbocycles. The summed E-state index contributed by atoms with van der Waals surface area (Å²) in [6.45, 7) is 5.99. The van der Waals surface area contributed by atoms with Gasteiger partial charge in [-0.15, -0.1) is 11.3 Å². The molecule has 0 spiro atoms. The van der Waals surface area contributed by atoms with E-state index in [2.05, 4.69) is 5.32 Å². The fraction of sp³-hybridized carbons (Fsp3) is 0.412. The normalized spacial score (nSPS) is 14.8. The third-order valence-electron chi connectivity index (χ3n) is 8.17. The summed E-state index contributed by atoms with van der Waals surface area (Å²) < 4.78 is 13.7. The van der Waals surface area contributed by atoms with E-state index in [1.54, 1.807) is 20.2 Å². The summed E-state index contributed by atoms with van der Waals surface area (Å²) in [5, 5.41) is 3.19. The highest BCUT2D eigenvalue weighted by atomic mass is 32.1. The van der Waals surface area contributed by atoms with Crippen molar-refractivity contribution in [3.8, 4) is 5.75 Å². The quantitative estimate of drug-likeness (QED) is 0.269. The molecule has 1 N–H and O–H groups in total. The number of rotatable bonds is 8. The van der Waals surface area contributed by atoms with Gasteiger partial charge in [0.05, 0.1) is 29.3 Å². The topological polar surface area (TPSA) is 109 Å². The van der Waals surface area contributed by atoms with Gasteiger partial charge in [-0.1, -0.05) is 55.7 Å². The maximum absolute atomic E-state index is 13.5. The molecule has 44 heavy (non-hydrogen) atoms. The highest BCUT2D eigenvalue weighted by Gasteiger charge is 2.44. The molecule has 0 atom stereocenters. The lowest BCUT2D eigenvalue weighted by Crippen LogP contribution is -2.42. The highest BCUT2D eigenvalue weighted by Crippen LogP contribution is 2.41. The average molecular weight is 618 g/mol. The monoisotopic (exact) mass is 617 g/mol. The summed E-state index contributed by atoms with van der Waals surface area (Å²) in [7, 11) is 3.19. The van der Waals surface area contributed by atoms with Crippen LogP contribution in [0.15, 0.2) is 64.2 Å². The number of benzene rings is 2. The van der Waals surface area contributed by atoms with Crippen molar-refractivity contribution in [1.82, 2.24) is 14.5 Å². The van der Waals surface area contributed by atoms with Crippen molar-refractivity contribution in [2.45, 2.75) is 77.0 Å². The fourth-order valence-electron chi connectivity index (χ4n) is 5.84. The molecule has 0 saturated heterocycles. The number of hydrogen-bond acceptors (Lipinski definition) is 7. The molecule has 2 heterocycles. The number of hydrogen-bond donors (Lipinski definition) is 1. The van der Waals surface area contributed by atoms with E-state index in [1.165, 1.54) is 9.13 Å². The van der Waals surface area contributed by atoms with Gasteiger partial charge in [0.25, 0.3) is 11.5 Å². The number of carbonyl (C=O) groups is 2. The van der Waals surface area contributed by atoms with Crippen molar-refractivity contribution in [2.24, 2.45) is 7.05 Å². The Morgan fingerprint density at radius 1 is 0.977 bits per heavy atom. The van der Waals surface area contributed by atoms with E-state index in [4.69, 9.17) is 9.47 Å². The van der Waals surface area contributed by atoms with Gasteiger partial charge in [-0.2, -0.15) is 0 Å². The Bertz CT molecular complexity index is 1800. The van der Waals surface area contributed by atoms with Crippen molar-refractivity contribution in [1.29, 1.82) is 0 Å². The number of nitrogens with zero attached hydrogens (tertiary/aromatic N) is 2. The van der Waals surface area contributed by atoms with Crippen molar-refractivity contribution in [3.63, 3.8) is 0 Å². The van der Waals surface area contributed by atoms with Crippen LogP contribution in [0.4, 0.5) is 0 Å². The van der Waals surface area contributed by atoms with Gasteiger partial charge in [0.15, 0.2) is 0 Å². The summed E-state index contributed by atoms with van der Waals surface area (Å²) in [4.78, 5) is 54.0. The number of esters is 1. The third kappa shape index (κ3) is 6.36. The Morgan fingerprint density at radius 3 is 2.34 bits per heavy atom. The molecular weight excluding hydrogens is 578 g/mol. The van der Waals surface area contributed by atoms with Crippen LogP contribution in [0.1, 0.15) is 79.2 Å². The van der Waals surface area contributed by atoms with Gasteiger partial charge in [0, 0.05) is 13.6 Å². The van der Waals surface area contributed by atoms with Crippen LogP contribution in [-0.2, 0) is 35.1 Å². The highest BCUT2D eigenvalue weighted by molar-refractivity contribution is 7.20. The van der Waals surface area contributed by atoms with Gasteiger partial charge < -0.3 is 14.8 Å². The first-order valence-electron chi connectivity index (χ1n) is 14.9. The lowest BCUT2D eigenvalue weighted by molar-refractivity contribution is -0.163. The third-order valence-corrected chi connectivity index (χ3v) is 9.38. The summed E-state index contributed by atoms with van der Waals surface area (Å²) >= 11 is 1.11. The smallest absolute Gasteiger partial charge is 0.332 e. The summed E-state index contributed by atoms with van der Waals surface area (Å²) in [5.41, 5.74) is 0.333. The number of methoxy groups -OCH3 is 1. The largest absolute Gasteiger partial charge is 0.497 e. The van der Waals surface area contributed by atoms with Gasteiger partial charge in [0.1, 0.15) is 16.2 Å². The Morgan fingerprint density at radius 2 is 1.68 bits per heavy atom. The molecule has 9 nitrogen and oxygen atoms in total. The zero-order chi connectivity index (χ0) is 31.6. The van der Waals surface area contributed by atoms with E-state index in [0.29, 0.717) is 27.4 Å². The Kier molecular flexibility index (Phi) is 8.83. The maximum atomic E-state index is 13.5. The number of fused-ring (bicyclic) bond motifs is 1. The minimum absolute atomic E-state index is 0.0639. The van der Waals surface area contributed by atoms with Crippen molar-refractivity contribution in [3.05, 3.63) is 97.0 Å². The number of carbonyl (C=O) groups excluding carboxylic acids is 2. The summed E-state index contributed by atoms with van der Waals surface area (Å²) in [6.07, 6.45) is 4.45. The molecule has 0 radical (unpaired) electrons. The van der Waals surface area contributed by atoms with Crippen LogP contribution in [-0.4, -0.2) is 33.7 Å². The van der Waals surface area contributed by atoms with E-state index in [1.807, 2.05) is 69.3 Å². The zero-order valence-corrected chi connectivity index (χ0v) is 26.7. The Balaban J connectivity index is 1.39. The first-order chi connectivity index (χ1) is 20.9. The lowest BCUT2D eigenvalue weighted by Gasteiger charge is -2.37. The summed E-state index contributed by atoms with van der Waals surface area (Å²) in [6, 6.07) is 16.5. The van der Waals surface area contributed by atoms with Crippen LogP contribution in [0, 0.1) is 0 Å². The molecule has 1 amide bonds. The first kappa shape index (κ1) is 31.3. The molecule has 10 heteroatoms. The molecule has 0 bridgehead atoms. The summed E-state index contributed by atoms with van der Waals surface area (Å²) in [5.74, 6) is 0.166. The molecule has 0 aliphatic heterocycles. The van der Waals surface area contributed by atoms with Gasteiger partial charge in [-0.05, 0) is 68.5 Å². The van der Waals surface area contributed by atoms with E-state index in [0.717, 1.165) is 60.1 Å². The van der Waals surface area contributed by atoms with E-state index in [9.17, 15) is 19.2 Å². The van der Waals surface area contributed by atoms with Crippen molar-refractivity contribution < 1.29 is 19.1 Å². The lowest BCUT2D eigenvalue weighted by atomic mass is 9.69. The standard InChI is InChI=1S/C34H39N3O6S/c1-33(2,3)43-31(40)34(16-7-6-8-17-34)24-14-12-22(13-15-24)21-37-29(39)26-19-27(44-30(26)36(4)32(37)41)28(38)35-20-23-10-9-11-25(18-23)42-5/h9-15,18-19H,6-8,16-17,20-21H2,1-5H3,(H,35,38).